The van der Waals surface area contributed by atoms with Gasteiger partial charge in [-0.3, -0.25) is 4.79 Å². The van der Waals surface area contributed by atoms with Gasteiger partial charge < -0.3 is 14.1 Å². The van der Waals surface area contributed by atoms with Crippen LogP contribution in [0.15, 0.2) is 22.8 Å². The van der Waals surface area contributed by atoms with Gasteiger partial charge in [-0.25, -0.2) is 4.79 Å². The highest BCUT2D eigenvalue weighted by atomic mass is 32.2. The van der Waals surface area contributed by atoms with E-state index in [9.17, 15) is 9.59 Å². The third kappa shape index (κ3) is 2.70. The summed E-state index contributed by atoms with van der Waals surface area (Å²) in [4.78, 5) is 26.1. The average Bonchev–Trinajstić information content (AvgIpc) is 3.04. The van der Waals surface area contributed by atoms with E-state index in [1.165, 1.54) is 13.4 Å². The van der Waals surface area contributed by atoms with Crippen molar-refractivity contribution < 1.29 is 18.7 Å². The molecule has 0 saturated carbocycles. The molecule has 0 spiro atoms. The number of hydrogen-bond acceptors (Lipinski definition) is 5. The second-order valence-electron chi connectivity index (χ2n) is 5.78. The van der Waals surface area contributed by atoms with Gasteiger partial charge in [0.05, 0.1) is 18.7 Å². The van der Waals surface area contributed by atoms with E-state index < -0.39 is 6.04 Å². The fourth-order valence-electron chi connectivity index (χ4n) is 2.27. The summed E-state index contributed by atoms with van der Waals surface area (Å²) in [6.07, 6.45) is 1.45. The van der Waals surface area contributed by atoms with Crippen molar-refractivity contribution >= 4 is 23.6 Å². The molecule has 0 aromatic carbocycles. The number of carbonyl (C=O) groups excluding carboxylic acids is 2. The van der Waals surface area contributed by atoms with Crippen LogP contribution in [0, 0.1) is 5.41 Å². The number of furan rings is 1. The highest BCUT2D eigenvalue weighted by Gasteiger charge is 2.47. The zero-order valence-corrected chi connectivity index (χ0v) is 12.9. The molecule has 0 bridgehead atoms. The molecule has 2 atom stereocenters. The van der Waals surface area contributed by atoms with Gasteiger partial charge in [-0.15, -0.1) is 11.8 Å². The largest absolute Gasteiger partial charge is 0.467 e. The van der Waals surface area contributed by atoms with E-state index in [0.29, 0.717) is 5.75 Å². The van der Waals surface area contributed by atoms with Crippen LogP contribution in [0.25, 0.3) is 0 Å². The van der Waals surface area contributed by atoms with E-state index in [4.69, 9.17) is 9.15 Å². The highest BCUT2D eigenvalue weighted by molar-refractivity contribution is 8.00. The number of carbonyl (C=O) groups is 2. The third-order valence-electron chi connectivity index (χ3n) is 3.18. The predicted octanol–water partition coefficient (Wildman–Crippen LogP) is 2.38. The lowest BCUT2D eigenvalue weighted by atomic mass is 9.94. The Morgan fingerprint density at radius 2 is 2.15 bits per heavy atom. The van der Waals surface area contributed by atoms with Gasteiger partial charge in [0.1, 0.15) is 6.04 Å². The fourth-order valence-corrected chi connectivity index (χ4v) is 3.83. The van der Waals surface area contributed by atoms with E-state index in [1.54, 1.807) is 28.8 Å². The Bertz CT molecular complexity index is 492. The Morgan fingerprint density at radius 1 is 1.45 bits per heavy atom. The van der Waals surface area contributed by atoms with Crippen molar-refractivity contribution in [2.75, 3.05) is 12.9 Å². The van der Waals surface area contributed by atoms with Crippen LogP contribution in [0.4, 0.5) is 0 Å². The lowest BCUT2D eigenvalue weighted by molar-refractivity contribution is -0.145. The summed E-state index contributed by atoms with van der Waals surface area (Å²) < 4.78 is 9.99. The van der Waals surface area contributed by atoms with Crippen molar-refractivity contribution in [1.82, 2.24) is 4.90 Å². The summed E-state index contributed by atoms with van der Waals surface area (Å²) in [5.41, 5.74) is -0.143. The Kier molecular flexibility index (Phi) is 4.13. The molecule has 2 heterocycles. The molecule has 2 unspecified atom stereocenters. The lowest BCUT2D eigenvalue weighted by Gasteiger charge is -2.35. The standard InChI is InChI=1S/C14H19NO4S/c1-14(2,3)13-15(9(8-20-13)12(17)18-4)11(16)10-6-5-7-19-10/h5-7,9,13H,8H2,1-4H3. The van der Waals surface area contributed by atoms with E-state index in [2.05, 4.69) is 0 Å². The van der Waals surface area contributed by atoms with Gasteiger partial charge in [-0.2, -0.15) is 0 Å². The molecule has 1 aromatic rings. The number of methoxy groups -OCH3 is 1. The van der Waals surface area contributed by atoms with Crippen molar-refractivity contribution in [1.29, 1.82) is 0 Å². The van der Waals surface area contributed by atoms with Crippen LogP contribution in [0.5, 0.6) is 0 Å². The molecule has 0 aliphatic carbocycles. The van der Waals surface area contributed by atoms with Crippen molar-refractivity contribution in [3.63, 3.8) is 0 Å². The number of rotatable bonds is 2. The van der Waals surface area contributed by atoms with Gasteiger partial charge in [0.15, 0.2) is 5.76 Å². The van der Waals surface area contributed by atoms with Gasteiger partial charge >= 0.3 is 5.97 Å². The Balaban J connectivity index is 2.34. The predicted molar refractivity (Wildman–Crippen MR) is 76.4 cm³/mol. The summed E-state index contributed by atoms with van der Waals surface area (Å²) in [5.74, 6) is 0.135. The molecule has 1 aliphatic heterocycles. The van der Waals surface area contributed by atoms with Crippen LogP contribution in [-0.4, -0.2) is 41.1 Å². The maximum Gasteiger partial charge on any atom is 0.329 e. The number of amides is 1. The summed E-state index contributed by atoms with van der Waals surface area (Å²) in [5, 5.41) is -0.0933. The minimum absolute atomic E-state index is 0.0933. The van der Waals surface area contributed by atoms with Crippen LogP contribution in [-0.2, 0) is 9.53 Å². The normalized spacial score (nSPS) is 22.9. The molecule has 6 heteroatoms. The third-order valence-corrected chi connectivity index (χ3v) is 4.94. The van der Waals surface area contributed by atoms with E-state index >= 15 is 0 Å². The zero-order chi connectivity index (χ0) is 14.9. The smallest absolute Gasteiger partial charge is 0.329 e. The first-order chi connectivity index (χ1) is 9.36. The maximum atomic E-state index is 12.6. The van der Waals surface area contributed by atoms with Crippen molar-refractivity contribution in [3.05, 3.63) is 24.2 Å². The minimum Gasteiger partial charge on any atom is -0.467 e. The number of esters is 1. The molecule has 5 nitrogen and oxygen atoms in total. The molecule has 20 heavy (non-hydrogen) atoms. The average molecular weight is 297 g/mol. The molecular weight excluding hydrogens is 278 g/mol. The number of thioether (sulfide) groups is 1. The van der Waals surface area contributed by atoms with Gasteiger partial charge in [-0.05, 0) is 17.5 Å². The molecule has 2 rings (SSSR count). The number of hydrogen-bond donors (Lipinski definition) is 0. The van der Waals surface area contributed by atoms with Crippen molar-refractivity contribution in [3.8, 4) is 0 Å². The maximum absolute atomic E-state index is 12.6. The van der Waals surface area contributed by atoms with Crippen LogP contribution >= 0.6 is 11.8 Å². The van der Waals surface area contributed by atoms with Crippen LogP contribution < -0.4 is 0 Å². The first-order valence-electron chi connectivity index (χ1n) is 6.42. The highest BCUT2D eigenvalue weighted by Crippen LogP contribution is 2.41. The van der Waals surface area contributed by atoms with E-state index in [-0.39, 0.29) is 28.4 Å². The minimum atomic E-state index is -0.563. The molecule has 0 N–H and O–H groups in total. The summed E-state index contributed by atoms with van der Waals surface area (Å²) in [7, 11) is 1.34. The quantitative estimate of drug-likeness (QED) is 0.784. The monoisotopic (exact) mass is 297 g/mol. The second kappa shape index (κ2) is 5.52. The van der Waals surface area contributed by atoms with E-state index in [1.807, 2.05) is 20.8 Å². The molecule has 1 saturated heterocycles. The Morgan fingerprint density at radius 3 is 2.65 bits per heavy atom. The summed E-state index contributed by atoms with van der Waals surface area (Å²) in [6.45, 7) is 6.15. The molecule has 1 amide bonds. The summed E-state index contributed by atoms with van der Waals surface area (Å²) in [6, 6.07) is 2.71. The fraction of sp³-hybridized carbons (Fsp3) is 0.571. The molecule has 0 radical (unpaired) electrons. The van der Waals surface area contributed by atoms with Crippen molar-refractivity contribution in [2.45, 2.75) is 32.2 Å². The van der Waals surface area contributed by atoms with Gasteiger partial charge in [0.25, 0.3) is 5.91 Å². The zero-order valence-electron chi connectivity index (χ0n) is 12.1. The molecule has 1 aromatic heterocycles. The van der Waals surface area contributed by atoms with Crippen LogP contribution in [0.2, 0.25) is 0 Å². The topological polar surface area (TPSA) is 59.8 Å². The lowest BCUT2D eigenvalue weighted by Crippen LogP contribution is -2.49. The van der Waals surface area contributed by atoms with Crippen LogP contribution in [0.3, 0.4) is 0 Å². The number of ether oxygens (including phenoxy) is 1. The van der Waals surface area contributed by atoms with Crippen LogP contribution in [0.1, 0.15) is 31.3 Å². The van der Waals surface area contributed by atoms with Gasteiger partial charge in [-0.1, -0.05) is 20.8 Å². The Hall–Kier alpha value is -1.43. The molecular formula is C14H19NO4S. The first kappa shape index (κ1) is 15.0. The van der Waals surface area contributed by atoms with E-state index in [0.717, 1.165) is 0 Å². The second-order valence-corrected chi connectivity index (χ2v) is 6.89. The molecule has 1 fully saturated rings. The van der Waals surface area contributed by atoms with Gasteiger partial charge in [0.2, 0.25) is 0 Å². The first-order valence-corrected chi connectivity index (χ1v) is 7.46. The molecule has 1 aliphatic rings. The SMILES string of the molecule is COC(=O)C1CSC(C(C)(C)C)N1C(=O)c1ccco1. The number of nitrogens with zero attached hydrogens (tertiary/aromatic N) is 1. The van der Waals surface area contributed by atoms with Gasteiger partial charge in [0, 0.05) is 5.75 Å². The van der Waals surface area contributed by atoms with Crippen molar-refractivity contribution in [2.24, 2.45) is 5.41 Å². The molecule has 110 valence electrons. The summed E-state index contributed by atoms with van der Waals surface area (Å²) >= 11 is 1.60. The Labute approximate surface area is 122 Å².